The van der Waals surface area contributed by atoms with Gasteiger partial charge in [0.15, 0.2) is 0 Å². The van der Waals surface area contributed by atoms with Gasteiger partial charge in [0.25, 0.3) is 0 Å². The minimum absolute atomic E-state index is 0.0842. The Morgan fingerprint density at radius 1 is 1.31 bits per heavy atom. The molecule has 1 rings (SSSR count). The Kier molecular flexibility index (Phi) is 3.14. The zero-order valence-corrected chi connectivity index (χ0v) is 7.03. The fourth-order valence-electron chi connectivity index (χ4n) is 0.893. The summed E-state index contributed by atoms with van der Waals surface area (Å²) >= 11 is 0. The Balaban J connectivity index is 2.37. The van der Waals surface area contributed by atoms with Crippen LogP contribution in [0.3, 0.4) is 0 Å². The Morgan fingerprint density at radius 2 is 1.92 bits per heavy atom. The maximum atomic E-state index is 10.2. The van der Waals surface area contributed by atoms with Crippen LogP contribution in [0, 0.1) is 0 Å². The van der Waals surface area contributed by atoms with Crippen molar-refractivity contribution >= 4 is 11.7 Å². The van der Waals surface area contributed by atoms with Gasteiger partial charge in [0.05, 0.1) is 6.42 Å². The summed E-state index contributed by atoms with van der Waals surface area (Å²) in [7, 11) is 0. The zero-order chi connectivity index (χ0) is 9.68. The molecular weight excluding hydrogens is 170 g/mol. The van der Waals surface area contributed by atoms with Crippen LogP contribution in [-0.4, -0.2) is 22.7 Å². The minimum Gasteiger partial charge on any atom is -0.508 e. The number of carboxylic acid groups (broad SMARTS) is 1. The lowest BCUT2D eigenvalue weighted by molar-refractivity contribution is -0.136. The number of aliphatic carboxylic acids is 1. The molecule has 3 N–H and O–H groups in total. The maximum Gasteiger partial charge on any atom is 0.305 e. The highest BCUT2D eigenvalue weighted by molar-refractivity contribution is 5.67. The van der Waals surface area contributed by atoms with Gasteiger partial charge in [-0.05, 0) is 24.3 Å². The summed E-state index contributed by atoms with van der Waals surface area (Å²) in [5, 5.41) is 20.2. The number of benzene rings is 1. The number of carboxylic acids is 1. The molecule has 0 aromatic heterocycles. The minimum atomic E-state index is -0.828. The molecule has 0 aliphatic carbocycles. The highest BCUT2D eigenvalue weighted by atomic mass is 16.4. The molecular formula is C9H11NO3. The van der Waals surface area contributed by atoms with E-state index in [1.807, 2.05) is 0 Å². The van der Waals surface area contributed by atoms with Crippen molar-refractivity contribution in [2.24, 2.45) is 0 Å². The van der Waals surface area contributed by atoms with Crippen molar-refractivity contribution in [3.63, 3.8) is 0 Å². The predicted molar refractivity (Wildman–Crippen MR) is 48.8 cm³/mol. The van der Waals surface area contributed by atoms with Crippen LogP contribution >= 0.6 is 0 Å². The fourth-order valence-corrected chi connectivity index (χ4v) is 0.893. The first-order valence-electron chi connectivity index (χ1n) is 3.93. The van der Waals surface area contributed by atoms with Crippen LogP contribution in [0.5, 0.6) is 5.75 Å². The van der Waals surface area contributed by atoms with Crippen molar-refractivity contribution in [2.75, 3.05) is 11.9 Å². The Labute approximate surface area is 75.8 Å². The van der Waals surface area contributed by atoms with Gasteiger partial charge in [-0.3, -0.25) is 4.79 Å². The third-order valence-corrected chi connectivity index (χ3v) is 1.54. The molecule has 0 amide bonds. The molecule has 13 heavy (non-hydrogen) atoms. The summed E-state index contributed by atoms with van der Waals surface area (Å²) in [4.78, 5) is 10.2. The quantitative estimate of drug-likeness (QED) is 0.612. The van der Waals surface area contributed by atoms with Crippen LogP contribution in [0.2, 0.25) is 0 Å². The number of hydrogen-bond donors (Lipinski definition) is 3. The van der Waals surface area contributed by atoms with Crippen molar-refractivity contribution in [2.45, 2.75) is 6.42 Å². The Morgan fingerprint density at radius 3 is 2.46 bits per heavy atom. The van der Waals surface area contributed by atoms with E-state index in [2.05, 4.69) is 5.32 Å². The van der Waals surface area contributed by atoms with Gasteiger partial charge in [-0.15, -0.1) is 0 Å². The van der Waals surface area contributed by atoms with E-state index in [0.717, 1.165) is 5.69 Å². The molecule has 0 unspecified atom stereocenters. The summed E-state index contributed by atoms with van der Waals surface area (Å²) in [6.45, 7) is 0.389. The number of phenolic OH excluding ortho intramolecular Hbond substituents is 1. The van der Waals surface area contributed by atoms with Crippen LogP contribution in [0.4, 0.5) is 5.69 Å². The number of carbonyl (C=O) groups is 1. The van der Waals surface area contributed by atoms with Crippen molar-refractivity contribution in [1.82, 2.24) is 0 Å². The van der Waals surface area contributed by atoms with Crippen LogP contribution in [0.15, 0.2) is 24.3 Å². The molecule has 0 aliphatic rings. The average molecular weight is 181 g/mol. The first-order valence-corrected chi connectivity index (χ1v) is 3.93. The molecule has 70 valence electrons. The number of rotatable bonds is 4. The van der Waals surface area contributed by atoms with Gasteiger partial charge in [-0.1, -0.05) is 0 Å². The van der Waals surface area contributed by atoms with Crippen molar-refractivity contribution in [3.8, 4) is 5.75 Å². The van der Waals surface area contributed by atoms with E-state index in [9.17, 15) is 4.79 Å². The van der Waals surface area contributed by atoms with Crippen molar-refractivity contribution in [3.05, 3.63) is 24.3 Å². The molecule has 0 heterocycles. The van der Waals surface area contributed by atoms with Crippen molar-refractivity contribution in [1.29, 1.82) is 0 Å². The van der Waals surface area contributed by atoms with Crippen LogP contribution < -0.4 is 5.32 Å². The SMILES string of the molecule is O=C(O)CCNc1ccc(O)cc1. The summed E-state index contributed by atoms with van der Waals surface area (Å²) in [5.41, 5.74) is 0.805. The number of phenols is 1. The normalized spacial score (nSPS) is 9.54. The highest BCUT2D eigenvalue weighted by Crippen LogP contribution is 2.13. The number of aromatic hydroxyl groups is 1. The van der Waals surface area contributed by atoms with Crippen molar-refractivity contribution < 1.29 is 15.0 Å². The zero-order valence-electron chi connectivity index (χ0n) is 7.03. The molecule has 4 nitrogen and oxygen atoms in total. The monoisotopic (exact) mass is 181 g/mol. The Hall–Kier alpha value is -1.71. The summed E-state index contributed by atoms with van der Waals surface area (Å²) < 4.78 is 0. The maximum absolute atomic E-state index is 10.2. The van der Waals surface area contributed by atoms with Crippen LogP contribution in [0.1, 0.15) is 6.42 Å². The molecule has 0 aliphatic heterocycles. The van der Waals surface area contributed by atoms with E-state index in [-0.39, 0.29) is 12.2 Å². The second kappa shape index (κ2) is 4.35. The summed E-state index contributed by atoms with van der Waals surface area (Å²) in [5.74, 6) is -0.630. The van der Waals surface area contributed by atoms with E-state index in [1.54, 1.807) is 24.3 Å². The molecule has 0 atom stereocenters. The van der Waals surface area contributed by atoms with Crippen LogP contribution in [0.25, 0.3) is 0 Å². The van der Waals surface area contributed by atoms with E-state index in [4.69, 9.17) is 10.2 Å². The molecule has 0 fully saturated rings. The topological polar surface area (TPSA) is 69.6 Å². The lowest BCUT2D eigenvalue weighted by Gasteiger charge is -2.03. The molecule has 1 aromatic rings. The lowest BCUT2D eigenvalue weighted by Crippen LogP contribution is -2.07. The lowest BCUT2D eigenvalue weighted by atomic mass is 10.3. The molecule has 0 spiro atoms. The molecule has 1 aromatic carbocycles. The summed E-state index contributed by atoms with van der Waals surface area (Å²) in [6, 6.07) is 6.47. The van der Waals surface area contributed by atoms with Crippen LogP contribution in [-0.2, 0) is 4.79 Å². The second-order valence-electron chi connectivity index (χ2n) is 2.62. The van der Waals surface area contributed by atoms with Gasteiger partial charge in [-0.25, -0.2) is 0 Å². The van der Waals surface area contributed by atoms with Gasteiger partial charge >= 0.3 is 5.97 Å². The van der Waals surface area contributed by atoms with Gasteiger partial charge < -0.3 is 15.5 Å². The number of anilines is 1. The highest BCUT2D eigenvalue weighted by Gasteiger charge is 1.96. The van der Waals surface area contributed by atoms with E-state index in [1.165, 1.54) is 0 Å². The number of hydrogen-bond acceptors (Lipinski definition) is 3. The Bertz CT molecular complexity index is 281. The molecule has 0 bridgehead atoms. The fraction of sp³-hybridized carbons (Fsp3) is 0.222. The van der Waals surface area contributed by atoms with E-state index >= 15 is 0 Å². The van der Waals surface area contributed by atoms with E-state index in [0.29, 0.717) is 6.54 Å². The third kappa shape index (κ3) is 3.46. The van der Waals surface area contributed by atoms with Gasteiger partial charge in [0.2, 0.25) is 0 Å². The molecule has 0 saturated heterocycles. The first-order chi connectivity index (χ1) is 6.18. The van der Waals surface area contributed by atoms with E-state index < -0.39 is 5.97 Å². The summed E-state index contributed by atoms with van der Waals surface area (Å²) in [6.07, 6.45) is 0.0842. The number of nitrogens with one attached hydrogen (secondary N) is 1. The molecule has 4 heteroatoms. The molecule has 0 radical (unpaired) electrons. The smallest absolute Gasteiger partial charge is 0.305 e. The first kappa shape index (κ1) is 9.38. The standard InChI is InChI=1S/C9H11NO3/c11-8-3-1-7(2-4-8)10-6-5-9(12)13/h1-4,10-11H,5-6H2,(H,12,13). The second-order valence-corrected chi connectivity index (χ2v) is 2.62. The molecule has 0 saturated carbocycles. The average Bonchev–Trinajstić information content (AvgIpc) is 2.08. The van der Waals surface area contributed by atoms with Gasteiger partial charge in [-0.2, -0.15) is 0 Å². The predicted octanol–water partition coefficient (Wildman–Crippen LogP) is 1.28. The van der Waals surface area contributed by atoms with Gasteiger partial charge in [0, 0.05) is 12.2 Å². The van der Waals surface area contributed by atoms with Gasteiger partial charge in [0.1, 0.15) is 5.75 Å². The largest absolute Gasteiger partial charge is 0.508 e. The third-order valence-electron chi connectivity index (χ3n) is 1.54.